The third-order valence-electron chi connectivity index (χ3n) is 5.03. The van der Waals surface area contributed by atoms with Crippen LogP contribution in [0, 0.1) is 0 Å². The summed E-state index contributed by atoms with van der Waals surface area (Å²) in [7, 11) is 3.15. The Kier molecular flexibility index (Phi) is 4.98. The Bertz CT molecular complexity index is 1150. The minimum Gasteiger partial charge on any atom is -0.342 e. The Morgan fingerprint density at radius 1 is 0.966 bits per heavy atom. The number of hydrogen-bond donors (Lipinski definition) is 0. The second-order valence-corrected chi connectivity index (χ2v) is 7.73. The molecular formula is C22H18ClN3O2S. The van der Waals surface area contributed by atoms with Gasteiger partial charge in [0.05, 0.1) is 0 Å². The van der Waals surface area contributed by atoms with Crippen molar-refractivity contribution in [1.29, 1.82) is 0 Å². The summed E-state index contributed by atoms with van der Waals surface area (Å²) in [6.07, 6.45) is 3.61. The van der Waals surface area contributed by atoms with Gasteiger partial charge in [-0.2, -0.15) is 0 Å². The van der Waals surface area contributed by atoms with Gasteiger partial charge in [-0.1, -0.05) is 41.9 Å². The van der Waals surface area contributed by atoms with E-state index in [1.807, 2.05) is 54.7 Å². The number of halogens is 1. The van der Waals surface area contributed by atoms with E-state index in [-0.39, 0.29) is 10.7 Å². The molecule has 7 heteroatoms. The normalized spacial score (nSPS) is 14.9. The average molecular weight is 424 g/mol. The number of benzene rings is 2. The van der Waals surface area contributed by atoms with Gasteiger partial charge in [0.25, 0.3) is 11.8 Å². The number of para-hydroxylation sites is 1. The molecule has 1 saturated heterocycles. The number of thiocarbonyl (C=S) groups is 1. The molecule has 4 rings (SSSR count). The van der Waals surface area contributed by atoms with Gasteiger partial charge in [0.1, 0.15) is 5.57 Å². The first-order valence-electron chi connectivity index (χ1n) is 9.01. The van der Waals surface area contributed by atoms with E-state index in [0.717, 1.165) is 22.0 Å². The van der Waals surface area contributed by atoms with E-state index in [9.17, 15) is 9.59 Å². The largest absolute Gasteiger partial charge is 0.342 e. The summed E-state index contributed by atoms with van der Waals surface area (Å²) in [5.41, 5.74) is 3.02. The summed E-state index contributed by atoms with van der Waals surface area (Å²) < 4.78 is 2.10. The first-order chi connectivity index (χ1) is 13.9. The molecule has 3 aromatic rings. The predicted molar refractivity (Wildman–Crippen MR) is 119 cm³/mol. The lowest BCUT2D eigenvalue weighted by Gasteiger charge is -2.31. The van der Waals surface area contributed by atoms with Crippen LogP contribution in [0.2, 0.25) is 5.02 Å². The first-order valence-corrected chi connectivity index (χ1v) is 9.79. The molecule has 1 fully saturated rings. The van der Waals surface area contributed by atoms with E-state index in [4.69, 9.17) is 23.8 Å². The molecule has 2 aromatic carbocycles. The van der Waals surface area contributed by atoms with Crippen LogP contribution < -0.4 is 0 Å². The molecule has 0 saturated carbocycles. The van der Waals surface area contributed by atoms with Gasteiger partial charge >= 0.3 is 0 Å². The fourth-order valence-corrected chi connectivity index (χ4v) is 3.73. The molecule has 5 nitrogen and oxygen atoms in total. The maximum atomic E-state index is 12.7. The molecule has 2 heterocycles. The number of aromatic nitrogens is 1. The SMILES string of the molecule is CN1C(=O)C(=Cc2cn(Cc3ccc(Cl)cc3)c3ccccc23)C(=O)N(C)C1=S. The number of hydrogen-bond acceptors (Lipinski definition) is 3. The zero-order valence-electron chi connectivity index (χ0n) is 15.9. The molecule has 0 radical (unpaired) electrons. The number of likely N-dealkylation sites (N-methyl/N-ethyl adjacent to an activating group) is 2. The second-order valence-electron chi connectivity index (χ2n) is 6.92. The summed E-state index contributed by atoms with van der Waals surface area (Å²) in [5, 5.41) is 1.85. The molecule has 1 aromatic heterocycles. The zero-order valence-corrected chi connectivity index (χ0v) is 17.5. The average Bonchev–Trinajstić information content (AvgIpc) is 3.07. The Labute approximate surface area is 178 Å². The maximum Gasteiger partial charge on any atom is 0.265 e. The van der Waals surface area contributed by atoms with Crippen molar-refractivity contribution in [2.24, 2.45) is 0 Å². The van der Waals surface area contributed by atoms with Gasteiger partial charge in [-0.15, -0.1) is 0 Å². The standard InChI is InChI=1S/C22H18ClN3O2S/c1-24-20(27)18(21(28)25(2)22(24)29)11-15-13-26(19-6-4-3-5-17(15)19)12-14-7-9-16(23)10-8-14/h3-11,13H,12H2,1-2H3. The summed E-state index contributed by atoms with van der Waals surface area (Å²) in [6.45, 7) is 0.645. The Balaban J connectivity index is 1.79. The van der Waals surface area contributed by atoms with E-state index in [1.165, 1.54) is 9.80 Å². The number of fused-ring (bicyclic) bond motifs is 1. The smallest absolute Gasteiger partial charge is 0.265 e. The lowest BCUT2D eigenvalue weighted by molar-refractivity contribution is -0.132. The molecular weight excluding hydrogens is 406 g/mol. The van der Waals surface area contributed by atoms with Gasteiger partial charge in [0.2, 0.25) is 0 Å². The molecule has 0 spiro atoms. The monoisotopic (exact) mass is 423 g/mol. The summed E-state index contributed by atoms with van der Waals surface area (Å²) in [5.74, 6) is -0.791. The Hall–Kier alpha value is -2.96. The van der Waals surface area contributed by atoms with Gasteiger partial charge < -0.3 is 4.57 Å². The zero-order chi connectivity index (χ0) is 20.7. The van der Waals surface area contributed by atoms with Crippen LogP contribution in [0.3, 0.4) is 0 Å². The highest BCUT2D eigenvalue weighted by molar-refractivity contribution is 7.80. The fourth-order valence-electron chi connectivity index (χ4n) is 3.44. The van der Waals surface area contributed by atoms with Crippen LogP contribution in [-0.4, -0.2) is 45.4 Å². The Morgan fingerprint density at radius 2 is 1.59 bits per heavy atom. The van der Waals surface area contributed by atoms with Crippen LogP contribution in [0.15, 0.2) is 60.3 Å². The highest BCUT2D eigenvalue weighted by Gasteiger charge is 2.35. The van der Waals surface area contributed by atoms with Gasteiger partial charge in [0.15, 0.2) is 5.11 Å². The summed E-state index contributed by atoms with van der Waals surface area (Å²) in [4.78, 5) is 28.0. The number of amides is 2. The molecule has 0 atom stereocenters. The van der Waals surface area contributed by atoms with Crippen molar-refractivity contribution in [3.63, 3.8) is 0 Å². The van der Waals surface area contributed by atoms with E-state index < -0.39 is 11.8 Å². The van der Waals surface area contributed by atoms with Crippen molar-refractivity contribution in [1.82, 2.24) is 14.4 Å². The van der Waals surface area contributed by atoms with E-state index in [1.54, 1.807) is 20.2 Å². The predicted octanol–water partition coefficient (Wildman–Crippen LogP) is 3.94. The van der Waals surface area contributed by atoms with E-state index in [2.05, 4.69) is 4.57 Å². The number of rotatable bonds is 3. The van der Waals surface area contributed by atoms with Gasteiger partial charge in [-0.05, 0) is 42.1 Å². The van der Waals surface area contributed by atoms with Crippen molar-refractivity contribution in [3.8, 4) is 0 Å². The molecule has 1 aliphatic heterocycles. The van der Waals surface area contributed by atoms with Crippen molar-refractivity contribution in [3.05, 3.63) is 76.5 Å². The van der Waals surface area contributed by atoms with Crippen molar-refractivity contribution in [2.75, 3.05) is 14.1 Å². The molecule has 1 aliphatic rings. The minimum absolute atomic E-state index is 0.0954. The molecule has 0 aliphatic carbocycles. The number of nitrogens with zero attached hydrogens (tertiary/aromatic N) is 3. The quantitative estimate of drug-likeness (QED) is 0.364. The van der Waals surface area contributed by atoms with E-state index >= 15 is 0 Å². The topological polar surface area (TPSA) is 45.6 Å². The van der Waals surface area contributed by atoms with Crippen LogP contribution >= 0.6 is 23.8 Å². The minimum atomic E-state index is -0.396. The van der Waals surface area contributed by atoms with Crippen LogP contribution in [0.5, 0.6) is 0 Å². The molecule has 2 amide bonds. The Morgan fingerprint density at radius 3 is 2.24 bits per heavy atom. The van der Waals surface area contributed by atoms with Crippen LogP contribution in [0.1, 0.15) is 11.1 Å². The van der Waals surface area contributed by atoms with Crippen molar-refractivity contribution < 1.29 is 9.59 Å². The third-order valence-corrected chi connectivity index (χ3v) is 5.83. The highest BCUT2D eigenvalue weighted by Crippen LogP contribution is 2.26. The van der Waals surface area contributed by atoms with Crippen LogP contribution in [0.4, 0.5) is 0 Å². The molecule has 0 N–H and O–H groups in total. The van der Waals surface area contributed by atoms with Crippen molar-refractivity contribution >= 4 is 57.7 Å². The molecule has 29 heavy (non-hydrogen) atoms. The lowest BCUT2D eigenvalue weighted by Crippen LogP contribution is -2.52. The molecule has 0 unspecified atom stereocenters. The first kappa shape index (κ1) is 19.4. The molecule has 146 valence electrons. The lowest BCUT2D eigenvalue weighted by atomic mass is 10.1. The third kappa shape index (κ3) is 3.45. The van der Waals surface area contributed by atoms with Crippen molar-refractivity contribution in [2.45, 2.75) is 6.54 Å². The van der Waals surface area contributed by atoms with Gasteiger partial charge in [-0.25, -0.2) is 0 Å². The fraction of sp³-hybridized carbons (Fsp3) is 0.136. The number of carbonyl (C=O) groups is 2. The van der Waals surface area contributed by atoms with Crippen LogP contribution in [0.25, 0.3) is 17.0 Å². The maximum absolute atomic E-state index is 12.7. The summed E-state index contributed by atoms with van der Waals surface area (Å²) in [6, 6.07) is 15.6. The molecule has 0 bridgehead atoms. The second kappa shape index (κ2) is 7.46. The summed E-state index contributed by atoms with van der Waals surface area (Å²) >= 11 is 11.1. The van der Waals surface area contributed by atoms with Crippen LogP contribution in [-0.2, 0) is 16.1 Å². The van der Waals surface area contributed by atoms with Gasteiger partial charge in [0, 0.05) is 48.3 Å². The van der Waals surface area contributed by atoms with Gasteiger partial charge in [-0.3, -0.25) is 19.4 Å². The highest BCUT2D eigenvalue weighted by atomic mass is 35.5. The van der Waals surface area contributed by atoms with E-state index in [0.29, 0.717) is 11.6 Å². The number of carbonyl (C=O) groups excluding carboxylic acids is 2.